The van der Waals surface area contributed by atoms with Gasteiger partial charge in [0.25, 0.3) is 19.7 Å². The lowest BCUT2D eigenvalue weighted by Gasteiger charge is -2.06. The van der Waals surface area contributed by atoms with Gasteiger partial charge in [-0.2, -0.15) is 8.42 Å². The maximum absolute atomic E-state index is 12.6. The molecule has 0 aliphatic carbocycles. The highest BCUT2D eigenvalue weighted by Crippen LogP contribution is 2.23. The molecule has 0 aliphatic heterocycles. The molecule has 2 rings (SSSR count). The van der Waals surface area contributed by atoms with Crippen LogP contribution in [0.2, 0.25) is 0 Å². The maximum atomic E-state index is 12.6. The molecule has 0 bridgehead atoms. The summed E-state index contributed by atoms with van der Waals surface area (Å²) in [7, 11) is -13.1. The first-order valence-corrected chi connectivity index (χ1v) is 11.9. The van der Waals surface area contributed by atoms with E-state index in [2.05, 4.69) is 4.79 Å². The fourth-order valence-electron chi connectivity index (χ4n) is 1.93. The van der Waals surface area contributed by atoms with Gasteiger partial charge in [0.15, 0.2) is 0 Å². The van der Waals surface area contributed by atoms with Crippen molar-refractivity contribution in [3.63, 3.8) is 0 Å². The van der Waals surface area contributed by atoms with Gasteiger partial charge in [0.1, 0.15) is 5.75 Å². The minimum absolute atomic E-state index is 0.149. The van der Waals surface area contributed by atoms with Crippen molar-refractivity contribution in [2.24, 2.45) is 0 Å². The second-order valence-electron chi connectivity index (χ2n) is 5.09. The van der Waals surface area contributed by atoms with Crippen LogP contribution in [-0.4, -0.2) is 40.2 Å². The molecule has 0 unspecified atom stereocenters. The Hall–Kier alpha value is -2.53. The average Bonchev–Trinajstić information content (AvgIpc) is 2.62. The van der Waals surface area contributed by atoms with Gasteiger partial charge in [-0.1, -0.05) is 18.2 Å². The van der Waals surface area contributed by atoms with E-state index >= 15 is 0 Å². The van der Waals surface area contributed by atoms with Gasteiger partial charge >= 0.3 is 14.5 Å². The van der Waals surface area contributed by atoms with Crippen molar-refractivity contribution in [1.29, 1.82) is 0 Å². The molecule has 0 atom stereocenters. The summed E-state index contributed by atoms with van der Waals surface area (Å²) in [5.41, 5.74) is 9.08. The van der Waals surface area contributed by atoms with Crippen molar-refractivity contribution in [2.45, 2.75) is 16.7 Å². The molecule has 0 N–H and O–H groups in total. The molecule has 12 heteroatoms. The van der Waals surface area contributed by atoms with Gasteiger partial charge < -0.3 is 9.71 Å². The minimum atomic E-state index is -4.72. The molecule has 2 aromatic carbocycles. The largest absolute Gasteiger partial charge is 0.504 e. The van der Waals surface area contributed by atoms with Crippen molar-refractivity contribution < 1.29 is 34.2 Å². The highest BCUT2D eigenvalue weighted by molar-refractivity contribution is 8.31. The van der Waals surface area contributed by atoms with Gasteiger partial charge in [-0.3, -0.25) is 0 Å². The van der Waals surface area contributed by atoms with E-state index in [-0.39, 0.29) is 16.4 Å². The summed E-state index contributed by atoms with van der Waals surface area (Å²) < 4.78 is 76.3. The van der Waals surface area contributed by atoms with E-state index in [9.17, 15) is 25.3 Å². The van der Waals surface area contributed by atoms with Crippen LogP contribution in [0.5, 0.6) is 5.75 Å². The summed E-state index contributed by atoms with van der Waals surface area (Å²) in [6.45, 7) is 1.37. The topological polar surface area (TPSA) is 148 Å². The van der Waals surface area contributed by atoms with E-state index in [1.807, 2.05) is 0 Å². The Labute approximate surface area is 156 Å². The van der Waals surface area contributed by atoms with Gasteiger partial charge in [0.2, 0.25) is 0 Å². The Morgan fingerprint density at radius 1 is 0.852 bits per heavy atom. The number of hydrogen-bond donors (Lipinski definition) is 0. The molecular weight excluding hydrogens is 416 g/mol. The molecule has 144 valence electrons. The van der Waals surface area contributed by atoms with Crippen LogP contribution in [0.3, 0.4) is 0 Å². The first-order valence-electron chi connectivity index (χ1n) is 7.34. The first-order chi connectivity index (χ1) is 12.5. The van der Waals surface area contributed by atoms with Gasteiger partial charge in [0.05, 0.1) is 15.5 Å². The van der Waals surface area contributed by atoms with E-state index in [0.29, 0.717) is 0 Å². The molecule has 2 aromatic rings. The van der Waals surface area contributed by atoms with Gasteiger partial charge in [-0.25, -0.2) is 16.8 Å². The quantitative estimate of drug-likeness (QED) is 0.228. The van der Waals surface area contributed by atoms with E-state index < -0.39 is 39.1 Å². The van der Waals surface area contributed by atoms with Crippen molar-refractivity contribution >= 4 is 34.2 Å². The molecular formula is C15H14N2O7S3. The number of nitrogens with zero attached hydrogens (tertiary/aromatic N) is 2. The summed E-state index contributed by atoms with van der Waals surface area (Å²) in [5, 5.41) is 0. The third kappa shape index (κ3) is 4.42. The van der Waals surface area contributed by atoms with Crippen LogP contribution in [0.1, 0.15) is 6.92 Å². The van der Waals surface area contributed by atoms with E-state index in [1.165, 1.54) is 25.1 Å². The fourth-order valence-corrected chi connectivity index (χ4v) is 5.82. The molecule has 0 heterocycles. The standard InChI is InChI=1S/C15H14N2O7S3/c1-2-25(18,19)24-12-8-10-14(11-9-12)27(22,23)15(17-16)26(20,21)13-6-4-3-5-7-13/h3-11H,2H2,1H3. The SMILES string of the molecule is CCS(=O)(=O)Oc1ccc(S(=O)(=O)C(=[N+]=[N-])S(=O)(=O)c2ccccc2)cc1. The summed E-state index contributed by atoms with van der Waals surface area (Å²) >= 11 is 0. The smallest absolute Gasteiger partial charge is 0.382 e. The van der Waals surface area contributed by atoms with Gasteiger partial charge in [-0.05, 0) is 43.3 Å². The second-order valence-corrected chi connectivity index (χ2v) is 10.9. The molecule has 0 radical (unpaired) electrons. The molecule has 0 saturated heterocycles. The Kier molecular flexibility index (Phi) is 5.85. The number of sulfone groups is 2. The molecule has 0 amide bonds. The van der Waals surface area contributed by atoms with Crippen LogP contribution in [-0.2, 0) is 29.8 Å². The van der Waals surface area contributed by atoms with Crippen LogP contribution >= 0.6 is 0 Å². The lowest BCUT2D eigenvalue weighted by Crippen LogP contribution is -2.26. The van der Waals surface area contributed by atoms with Crippen molar-refractivity contribution in [2.75, 3.05) is 5.75 Å². The number of benzene rings is 2. The first kappa shape index (κ1) is 20.8. The van der Waals surface area contributed by atoms with Crippen molar-refractivity contribution in [1.82, 2.24) is 0 Å². The zero-order chi connectivity index (χ0) is 20.3. The monoisotopic (exact) mass is 430 g/mol. The summed E-state index contributed by atoms with van der Waals surface area (Å²) in [5.74, 6) is -0.437. The predicted molar refractivity (Wildman–Crippen MR) is 96.0 cm³/mol. The minimum Gasteiger partial charge on any atom is -0.382 e. The normalized spacial score (nSPS) is 12.2. The number of rotatable bonds is 5. The lowest BCUT2D eigenvalue weighted by molar-refractivity contribution is 0.00380. The van der Waals surface area contributed by atoms with E-state index in [0.717, 1.165) is 36.4 Å². The van der Waals surface area contributed by atoms with Crippen molar-refractivity contribution in [3.05, 3.63) is 60.1 Å². The molecule has 0 fully saturated rings. The zero-order valence-corrected chi connectivity index (χ0v) is 16.3. The van der Waals surface area contributed by atoms with Gasteiger partial charge in [-0.15, -0.1) is 4.79 Å². The van der Waals surface area contributed by atoms with E-state index in [1.54, 1.807) is 0 Å². The molecule has 0 aromatic heterocycles. The highest BCUT2D eigenvalue weighted by atomic mass is 32.3. The van der Waals surface area contributed by atoms with Gasteiger partial charge in [0, 0.05) is 0 Å². The van der Waals surface area contributed by atoms with Crippen LogP contribution in [0.15, 0.2) is 64.4 Å². The van der Waals surface area contributed by atoms with Crippen LogP contribution in [0.25, 0.3) is 5.53 Å². The Bertz CT molecular complexity index is 1200. The van der Waals surface area contributed by atoms with Crippen LogP contribution < -0.4 is 4.18 Å². The fraction of sp³-hybridized carbons (Fsp3) is 0.133. The molecule has 27 heavy (non-hydrogen) atoms. The lowest BCUT2D eigenvalue weighted by atomic mass is 10.3. The zero-order valence-electron chi connectivity index (χ0n) is 13.9. The third-order valence-electron chi connectivity index (χ3n) is 3.31. The Morgan fingerprint density at radius 3 is 1.78 bits per heavy atom. The highest BCUT2D eigenvalue weighted by Gasteiger charge is 2.43. The molecule has 0 aliphatic rings. The van der Waals surface area contributed by atoms with E-state index in [4.69, 9.17) is 9.71 Å². The van der Waals surface area contributed by atoms with Crippen molar-refractivity contribution in [3.8, 4) is 5.75 Å². The number of hydrogen-bond acceptors (Lipinski definition) is 7. The van der Waals surface area contributed by atoms with Crippen LogP contribution in [0, 0.1) is 0 Å². The molecule has 0 spiro atoms. The summed E-state index contributed by atoms with van der Waals surface area (Å²) in [4.78, 5) is 1.61. The third-order valence-corrected chi connectivity index (χ3v) is 8.64. The summed E-state index contributed by atoms with van der Waals surface area (Å²) in [6, 6.07) is 10.6. The van der Waals surface area contributed by atoms with Crippen LogP contribution in [0.4, 0.5) is 0 Å². The Morgan fingerprint density at radius 2 is 1.33 bits per heavy atom. The molecule has 0 saturated carbocycles. The Balaban J connectivity index is 2.47. The predicted octanol–water partition coefficient (Wildman–Crippen LogP) is 1.25. The second kappa shape index (κ2) is 7.61. The maximum Gasteiger partial charge on any atom is 0.504 e. The summed E-state index contributed by atoms with van der Waals surface area (Å²) in [6.07, 6.45) is 0. The average molecular weight is 430 g/mol. The molecule has 9 nitrogen and oxygen atoms in total.